The Kier molecular flexibility index (Phi) is 13.9. The first kappa shape index (κ1) is 40.2. The summed E-state index contributed by atoms with van der Waals surface area (Å²) in [4.78, 5) is 90.0. The Morgan fingerprint density at radius 3 is 1.20 bits per heavy atom. The molecule has 2 aliphatic heterocycles. The number of carboxylic acid groups (broad SMARTS) is 1. The molecule has 2 fully saturated rings. The fourth-order valence-electron chi connectivity index (χ4n) is 4.93. The van der Waals surface area contributed by atoms with Crippen LogP contribution in [0.1, 0.15) is 37.1 Å². The van der Waals surface area contributed by atoms with Gasteiger partial charge < -0.3 is 26.0 Å². The second-order valence-corrected chi connectivity index (χ2v) is 11.5. The van der Waals surface area contributed by atoms with Crippen LogP contribution in [-0.4, -0.2) is 124 Å². The van der Waals surface area contributed by atoms with E-state index < -0.39 is 85.3 Å². The Hall–Kier alpha value is -5.24. The molecule has 2 aromatic carbocycles. The monoisotopic (exact) mass is 722 g/mol. The second kappa shape index (κ2) is 17.6. The van der Waals surface area contributed by atoms with Crippen LogP contribution in [0.3, 0.4) is 0 Å². The van der Waals surface area contributed by atoms with Gasteiger partial charge in [0.05, 0.1) is 26.2 Å². The number of rotatable bonds is 11. The van der Waals surface area contributed by atoms with E-state index in [0.717, 1.165) is 9.80 Å². The van der Waals surface area contributed by atoms with Gasteiger partial charge in [-0.3, -0.25) is 29.0 Å². The molecule has 2 aliphatic rings. The maximum Gasteiger partial charge on any atom is 0.490 e. The SMILES string of the molecule is CC(C(C)N1CC(=O)N(COC(=O)C(N)c2ccccc2)C(=O)C1)N1CC(=O)N(COC(=O)C(N)c2ccccc2)C(=O)C1.O=C(O)C(F)(F)F. The molecule has 0 bridgehead atoms. The minimum Gasteiger partial charge on any atom is -0.475 e. The molecule has 16 nitrogen and oxygen atoms in total. The van der Waals surface area contributed by atoms with Crippen LogP contribution < -0.4 is 11.5 Å². The lowest BCUT2D eigenvalue weighted by Gasteiger charge is -2.43. The van der Waals surface area contributed by atoms with Crippen molar-refractivity contribution in [2.24, 2.45) is 11.5 Å². The van der Waals surface area contributed by atoms with Crippen molar-refractivity contribution < 1.29 is 61.3 Å². The molecule has 2 aromatic rings. The number of imide groups is 2. The van der Waals surface area contributed by atoms with Crippen molar-refractivity contribution in [2.45, 2.75) is 44.2 Å². The Labute approximate surface area is 289 Å². The molecule has 0 spiro atoms. The maximum absolute atomic E-state index is 12.8. The van der Waals surface area contributed by atoms with Crippen molar-refractivity contribution in [3.63, 3.8) is 0 Å². The molecule has 4 rings (SSSR count). The summed E-state index contributed by atoms with van der Waals surface area (Å²) in [5.74, 6) is -6.55. The molecule has 0 radical (unpaired) electrons. The van der Waals surface area contributed by atoms with Gasteiger partial charge in [0.25, 0.3) is 0 Å². The molecule has 5 N–H and O–H groups in total. The van der Waals surface area contributed by atoms with Crippen LogP contribution >= 0.6 is 0 Å². The number of nitrogens with zero attached hydrogens (tertiary/aromatic N) is 4. The van der Waals surface area contributed by atoms with Gasteiger partial charge in [0, 0.05) is 12.1 Å². The Morgan fingerprint density at radius 1 is 0.667 bits per heavy atom. The van der Waals surface area contributed by atoms with Gasteiger partial charge in [0.2, 0.25) is 23.6 Å². The third-order valence-electron chi connectivity index (χ3n) is 8.15. The number of carbonyl (C=O) groups is 7. The van der Waals surface area contributed by atoms with Crippen LogP contribution in [0.15, 0.2) is 60.7 Å². The quantitative estimate of drug-likeness (QED) is 0.207. The van der Waals surface area contributed by atoms with E-state index in [9.17, 15) is 41.9 Å². The summed E-state index contributed by atoms with van der Waals surface area (Å²) in [5, 5.41) is 7.12. The number of esters is 2. The van der Waals surface area contributed by atoms with Gasteiger partial charge in [-0.1, -0.05) is 60.7 Å². The molecule has 2 heterocycles. The third kappa shape index (κ3) is 10.9. The van der Waals surface area contributed by atoms with E-state index >= 15 is 0 Å². The molecular weight excluding hydrogens is 685 g/mol. The smallest absolute Gasteiger partial charge is 0.475 e. The number of piperazine rings is 2. The van der Waals surface area contributed by atoms with Crippen molar-refractivity contribution >= 4 is 41.5 Å². The lowest BCUT2D eigenvalue weighted by Crippen LogP contribution is -2.63. The first-order valence-corrected chi connectivity index (χ1v) is 15.3. The van der Waals surface area contributed by atoms with Crippen LogP contribution in [-0.2, 0) is 43.0 Å². The van der Waals surface area contributed by atoms with E-state index in [-0.39, 0.29) is 26.2 Å². The standard InChI is InChI=1S/C30H36N6O8.C2HF3O2/c1-19(33-13-23(37)35(24(38)14-33)17-43-29(41)27(31)21-9-5-3-6-10-21)20(2)34-15-25(39)36(26(40)16-34)18-44-30(42)28(32)22-11-7-4-8-12-22;3-2(4,5)1(6)7/h3-12,19-20,27-28H,13-18,31-32H2,1-2H3;(H,6,7). The zero-order valence-corrected chi connectivity index (χ0v) is 27.5. The highest BCUT2D eigenvalue weighted by molar-refractivity contribution is 6.00. The van der Waals surface area contributed by atoms with E-state index in [0.29, 0.717) is 11.1 Å². The van der Waals surface area contributed by atoms with Crippen molar-refractivity contribution in [2.75, 3.05) is 39.6 Å². The van der Waals surface area contributed by atoms with Gasteiger partial charge in [0.1, 0.15) is 12.1 Å². The summed E-state index contributed by atoms with van der Waals surface area (Å²) in [6.45, 7) is 1.90. The van der Waals surface area contributed by atoms with Crippen molar-refractivity contribution in [1.82, 2.24) is 19.6 Å². The molecule has 4 amide bonds. The number of alkyl halides is 3. The summed E-state index contributed by atoms with van der Waals surface area (Å²) < 4.78 is 42.0. The van der Waals surface area contributed by atoms with Gasteiger partial charge in [0.15, 0.2) is 13.5 Å². The molecule has 51 heavy (non-hydrogen) atoms. The van der Waals surface area contributed by atoms with Gasteiger partial charge in [-0.05, 0) is 25.0 Å². The largest absolute Gasteiger partial charge is 0.490 e. The molecular formula is C32H37F3N6O10. The van der Waals surface area contributed by atoms with Crippen molar-refractivity contribution in [1.29, 1.82) is 0 Å². The molecule has 4 unspecified atom stereocenters. The van der Waals surface area contributed by atoms with E-state index in [1.807, 2.05) is 0 Å². The van der Waals surface area contributed by atoms with Crippen molar-refractivity contribution in [3.8, 4) is 0 Å². The van der Waals surface area contributed by atoms with Crippen LogP contribution in [0.25, 0.3) is 0 Å². The fraction of sp³-hybridized carbons (Fsp3) is 0.406. The Morgan fingerprint density at radius 2 is 0.941 bits per heavy atom. The topological polar surface area (TPSA) is 223 Å². The minimum absolute atomic E-state index is 0.140. The summed E-state index contributed by atoms with van der Waals surface area (Å²) in [6.07, 6.45) is -5.08. The predicted octanol–water partition coefficient (Wildman–Crippen LogP) is 0.140. The number of halogens is 3. The Bertz CT molecular complexity index is 1460. The fourth-order valence-corrected chi connectivity index (χ4v) is 4.93. The molecule has 2 saturated heterocycles. The average Bonchev–Trinajstić information content (AvgIpc) is 3.09. The molecule has 19 heteroatoms. The molecule has 0 saturated carbocycles. The Balaban J connectivity index is 0.000000908. The maximum atomic E-state index is 12.8. The highest BCUT2D eigenvalue weighted by atomic mass is 19.4. The zero-order valence-electron chi connectivity index (χ0n) is 27.5. The highest BCUT2D eigenvalue weighted by Gasteiger charge is 2.40. The summed E-state index contributed by atoms with van der Waals surface area (Å²) >= 11 is 0. The van der Waals surface area contributed by atoms with Crippen LogP contribution in [0.4, 0.5) is 13.2 Å². The number of amides is 4. The van der Waals surface area contributed by atoms with E-state index in [1.54, 1.807) is 84.3 Å². The van der Waals surface area contributed by atoms with Gasteiger partial charge in [-0.2, -0.15) is 13.2 Å². The highest BCUT2D eigenvalue weighted by Crippen LogP contribution is 2.19. The van der Waals surface area contributed by atoms with E-state index in [2.05, 4.69) is 0 Å². The number of nitrogens with two attached hydrogens (primary N) is 2. The molecule has 4 atom stereocenters. The molecule has 0 aliphatic carbocycles. The summed E-state index contributed by atoms with van der Waals surface area (Å²) in [5.41, 5.74) is 12.9. The minimum atomic E-state index is -5.08. The number of benzene rings is 2. The number of carbonyl (C=O) groups excluding carboxylic acids is 6. The number of ether oxygens (including phenoxy) is 2. The van der Waals surface area contributed by atoms with Crippen LogP contribution in [0, 0.1) is 0 Å². The first-order valence-electron chi connectivity index (χ1n) is 15.3. The summed E-state index contributed by atoms with van der Waals surface area (Å²) in [6, 6.07) is 14.2. The number of hydrogen-bond donors (Lipinski definition) is 3. The van der Waals surface area contributed by atoms with E-state index in [4.69, 9.17) is 30.8 Å². The lowest BCUT2D eigenvalue weighted by atomic mass is 10.1. The van der Waals surface area contributed by atoms with Gasteiger partial charge >= 0.3 is 24.1 Å². The van der Waals surface area contributed by atoms with Gasteiger partial charge in [-0.25, -0.2) is 24.2 Å². The zero-order chi connectivity index (χ0) is 38.0. The predicted molar refractivity (Wildman–Crippen MR) is 168 cm³/mol. The lowest BCUT2D eigenvalue weighted by molar-refractivity contribution is -0.192. The first-order chi connectivity index (χ1) is 23.9. The van der Waals surface area contributed by atoms with Gasteiger partial charge in [-0.15, -0.1) is 0 Å². The number of hydrogen-bond acceptors (Lipinski definition) is 13. The van der Waals surface area contributed by atoms with Crippen LogP contribution in [0.2, 0.25) is 0 Å². The third-order valence-corrected chi connectivity index (χ3v) is 8.15. The van der Waals surface area contributed by atoms with Crippen molar-refractivity contribution in [3.05, 3.63) is 71.8 Å². The molecule has 0 aromatic heterocycles. The second-order valence-electron chi connectivity index (χ2n) is 11.5. The summed E-state index contributed by atoms with van der Waals surface area (Å²) in [7, 11) is 0. The molecule has 276 valence electrons. The van der Waals surface area contributed by atoms with Crippen LogP contribution in [0.5, 0.6) is 0 Å². The number of carboxylic acids is 1. The normalized spacial score (nSPS) is 18.3. The van der Waals surface area contributed by atoms with E-state index in [1.165, 1.54) is 0 Å². The average molecular weight is 723 g/mol. The number of aliphatic carboxylic acids is 1.